The Kier molecular flexibility index (Phi) is 4.81. The molecule has 1 saturated heterocycles. The number of ether oxygens (including phenoxy) is 1. The first-order valence-electron chi connectivity index (χ1n) is 6.59. The molecule has 1 fully saturated rings. The van der Waals surface area contributed by atoms with Gasteiger partial charge in [0.25, 0.3) is 5.69 Å². The molecular weight excluding hydrogens is 260 g/mol. The number of Topliss-reactive ketones (excluding diaryl/α,β-unsaturated/α-hetero) is 1. The maximum Gasteiger partial charge on any atom is 0.270 e. The van der Waals surface area contributed by atoms with Crippen LogP contribution in [0, 0.1) is 16.0 Å². The lowest BCUT2D eigenvalue weighted by atomic mass is 10.1. The molecule has 0 aliphatic carbocycles. The van der Waals surface area contributed by atoms with Gasteiger partial charge in [0.05, 0.1) is 18.1 Å². The molecule has 2 rings (SSSR count). The lowest BCUT2D eigenvalue weighted by molar-refractivity contribution is -0.384. The lowest BCUT2D eigenvalue weighted by Gasteiger charge is -2.14. The first-order chi connectivity index (χ1) is 9.60. The predicted molar refractivity (Wildman–Crippen MR) is 73.8 cm³/mol. The molecule has 0 radical (unpaired) electrons. The van der Waals surface area contributed by atoms with E-state index in [4.69, 9.17) is 4.74 Å². The molecule has 1 heterocycles. The Balaban J connectivity index is 1.95. The van der Waals surface area contributed by atoms with Crippen molar-refractivity contribution >= 4 is 11.5 Å². The normalized spacial score (nSPS) is 19.1. The van der Waals surface area contributed by atoms with Crippen molar-refractivity contribution in [2.45, 2.75) is 6.42 Å². The number of hydrogen-bond acceptors (Lipinski definition) is 5. The molecule has 0 spiro atoms. The number of hydrogen-bond donors (Lipinski definition) is 0. The van der Waals surface area contributed by atoms with Gasteiger partial charge in [-0.25, -0.2) is 0 Å². The molecule has 20 heavy (non-hydrogen) atoms. The third-order valence-corrected chi connectivity index (χ3v) is 3.52. The van der Waals surface area contributed by atoms with E-state index in [1.165, 1.54) is 12.1 Å². The van der Waals surface area contributed by atoms with Crippen molar-refractivity contribution in [3.05, 3.63) is 39.9 Å². The number of ketones is 1. The number of likely N-dealkylation sites (tertiary alicyclic amines) is 1. The summed E-state index contributed by atoms with van der Waals surface area (Å²) in [6, 6.07) is 5.90. The standard InChI is InChI=1S/C14H18N2O4/c1-20-10-11-5-6-15(8-11)9-14(17)12-3-2-4-13(7-12)16(18)19/h2-4,7,11H,5-6,8-10H2,1H3. The fourth-order valence-corrected chi connectivity index (χ4v) is 2.52. The molecule has 108 valence electrons. The SMILES string of the molecule is COCC1CCN(CC(=O)c2cccc([N+](=O)[O-])c2)C1. The molecule has 1 aromatic carbocycles. The monoisotopic (exact) mass is 278 g/mol. The molecule has 0 saturated carbocycles. The van der Waals surface area contributed by atoms with E-state index in [9.17, 15) is 14.9 Å². The quantitative estimate of drug-likeness (QED) is 0.450. The number of carbonyl (C=O) groups excluding carboxylic acids is 1. The molecule has 1 aliphatic rings. The Morgan fingerprint density at radius 1 is 1.55 bits per heavy atom. The molecular formula is C14H18N2O4. The molecule has 0 bridgehead atoms. The highest BCUT2D eigenvalue weighted by molar-refractivity contribution is 5.98. The van der Waals surface area contributed by atoms with Crippen LogP contribution in [0.3, 0.4) is 0 Å². The smallest absolute Gasteiger partial charge is 0.270 e. The number of nitrogens with zero attached hydrogens (tertiary/aromatic N) is 2. The Bertz CT molecular complexity index is 504. The minimum absolute atomic E-state index is 0.0467. The number of nitro benzene ring substituents is 1. The molecule has 0 aromatic heterocycles. The topological polar surface area (TPSA) is 72.7 Å². The van der Waals surface area contributed by atoms with Gasteiger partial charge in [0.15, 0.2) is 5.78 Å². The van der Waals surface area contributed by atoms with Crippen LogP contribution in [0.15, 0.2) is 24.3 Å². The van der Waals surface area contributed by atoms with Crippen LogP contribution in [0.4, 0.5) is 5.69 Å². The summed E-state index contributed by atoms with van der Waals surface area (Å²) in [4.78, 5) is 24.4. The largest absolute Gasteiger partial charge is 0.384 e. The van der Waals surface area contributed by atoms with Gasteiger partial charge >= 0.3 is 0 Å². The van der Waals surface area contributed by atoms with Crippen LogP contribution in [0.5, 0.6) is 0 Å². The van der Waals surface area contributed by atoms with Gasteiger partial charge in [-0.15, -0.1) is 0 Å². The molecule has 0 N–H and O–H groups in total. The molecule has 6 nitrogen and oxygen atoms in total. The van der Waals surface area contributed by atoms with Crippen molar-refractivity contribution in [3.8, 4) is 0 Å². The summed E-state index contributed by atoms with van der Waals surface area (Å²) in [5, 5.41) is 10.7. The van der Waals surface area contributed by atoms with E-state index < -0.39 is 4.92 Å². The van der Waals surface area contributed by atoms with Gasteiger partial charge in [-0.3, -0.25) is 19.8 Å². The molecule has 1 aliphatic heterocycles. The molecule has 1 atom stereocenters. The zero-order valence-electron chi connectivity index (χ0n) is 11.4. The van der Waals surface area contributed by atoms with Crippen LogP contribution in [0.2, 0.25) is 0 Å². The second kappa shape index (κ2) is 6.58. The van der Waals surface area contributed by atoms with Crippen LogP contribution in [0.1, 0.15) is 16.8 Å². The molecule has 0 amide bonds. The summed E-state index contributed by atoms with van der Waals surface area (Å²) in [6.45, 7) is 2.73. The zero-order chi connectivity index (χ0) is 14.5. The Labute approximate surface area is 117 Å². The van der Waals surface area contributed by atoms with Crippen molar-refractivity contribution in [2.24, 2.45) is 5.92 Å². The van der Waals surface area contributed by atoms with E-state index >= 15 is 0 Å². The van der Waals surface area contributed by atoms with Crippen molar-refractivity contribution in [3.63, 3.8) is 0 Å². The van der Waals surface area contributed by atoms with E-state index in [1.54, 1.807) is 19.2 Å². The van der Waals surface area contributed by atoms with Crippen LogP contribution in [-0.2, 0) is 4.74 Å². The highest BCUT2D eigenvalue weighted by atomic mass is 16.6. The summed E-state index contributed by atoms with van der Waals surface area (Å²) >= 11 is 0. The van der Waals surface area contributed by atoms with E-state index in [-0.39, 0.29) is 11.5 Å². The average Bonchev–Trinajstić information content (AvgIpc) is 2.86. The number of benzene rings is 1. The van der Waals surface area contributed by atoms with E-state index in [0.717, 1.165) is 19.5 Å². The van der Waals surface area contributed by atoms with Crippen LogP contribution in [-0.4, -0.2) is 49.0 Å². The van der Waals surface area contributed by atoms with Crippen LogP contribution in [0.25, 0.3) is 0 Å². The first-order valence-corrected chi connectivity index (χ1v) is 6.59. The summed E-state index contributed by atoms with van der Waals surface area (Å²) in [5.41, 5.74) is 0.351. The summed E-state index contributed by atoms with van der Waals surface area (Å²) in [7, 11) is 1.68. The minimum atomic E-state index is -0.485. The average molecular weight is 278 g/mol. The summed E-state index contributed by atoms with van der Waals surface area (Å²) in [5.74, 6) is 0.393. The molecule has 1 aromatic rings. The van der Waals surface area contributed by atoms with Crippen molar-refractivity contribution in [1.29, 1.82) is 0 Å². The van der Waals surface area contributed by atoms with E-state index in [1.807, 2.05) is 0 Å². The summed E-state index contributed by atoms with van der Waals surface area (Å²) < 4.78 is 5.12. The Hall–Kier alpha value is -1.79. The fourth-order valence-electron chi connectivity index (χ4n) is 2.52. The lowest BCUT2D eigenvalue weighted by Crippen LogP contribution is -2.28. The van der Waals surface area contributed by atoms with Crippen molar-refractivity contribution < 1.29 is 14.5 Å². The van der Waals surface area contributed by atoms with Gasteiger partial charge in [0.2, 0.25) is 0 Å². The number of carbonyl (C=O) groups is 1. The number of rotatable bonds is 6. The van der Waals surface area contributed by atoms with E-state index in [0.29, 0.717) is 24.6 Å². The first kappa shape index (κ1) is 14.6. The zero-order valence-corrected chi connectivity index (χ0v) is 11.4. The van der Waals surface area contributed by atoms with Crippen molar-refractivity contribution in [1.82, 2.24) is 4.90 Å². The van der Waals surface area contributed by atoms with Gasteiger partial charge in [-0.2, -0.15) is 0 Å². The Morgan fingerprint density at radius 2 is 2.35 bits per heavy atom. The van der Waals surface area contributed by atoms with Crippen LogP contribution >= 0.6 is 0 Å². The number of methoxy groups -OCH3 is 1. The number of nitro groups is 1. The van der Waals surface area contributed by atoms with Crippen LogP contribution < -0.4 is 0 Å². The highest BCUT2D eigenvalue weighted by Crippen LogP contribution is 2.18. The van der Waals surface area contributed by atoms with Crippen molar-refractivity contribution in [2.75, 3.05) is 33.4 Å². The van der Waals surface area contributed by atoms with Gasteiger partial charge in [0, 0.05) is 31.4 Å². The third-order valence-electron chi connectivity index (χ3n) is 3.52. The Morgan fingerprint density at radius 3 is 3.05 bits per heavy atom. The number of non-ortho nitro benzene ring substituents is 1. The second-order valence-electron chi connectivity index (χ2n) is 5.08. The second-order valence-corrected chi connectivity index (χ2v) is 5.08. The predicted octanol–water partition coefficient (Wildman–Crippen LogP) is 1.75. The minimum Gasteiger partial charge on any atom is -0.384 e. The maximum atomic E-state index is 12.1. The van der Waals surface area contributed by atoms with Gasteiger partial charge in [0.1, 0.15) is 0 Å². The van der Waals surface area contributed by atoms with Gasteiger partial charge in [-0.05, 0) is 18.9 Å². The van der Waals surface area contributed by atoms with E-state index in [2.05, 4.69) is 4.90 Å². The molecule has 1 unspecified atom stereocenters. The third kappa shape index (κ3) is 3.61. The van der Waals surface area contributed by atoms with Gasteiger partial charge in [-0.1, -0.05) is 12.1 Å². The van der Waals surface area contributed by atoms with Gasteiger partial charge < -0.3 is 4.74 Å². The fraction of sp³-hybridized carbons (Fsp3) is 0.500. The molecule has 6 heteroatoms. The summed E-state index contributed by atoms with van der Waals surface area (Å²) in [6.07, 6.45) is 1.02. The highest BCUT2D eigenvalue weighted by Gasteiger charge is 2.24. The maximum absolute atomic E-state index is 12.1.